The second-order valence-corrected chi connectivity index (χ2v) is 13.2. The molecule has 1 atom stereocenters. The average Bonchev–Trinajstić information content (AvgIpc) is 3.79. The number of halogens is 3. The highest BCUT2D eigenvalue weighted by Gasteiger charge is 2.71. The quantitative estimate of drug-likeness (QED) is 0.491. The van der Waals surface area contributed by atoms with E-state index in [9.17, 15) is 31.9 Å². The SMILES string of the molecule is N#Cc1ccc(CNC(=O)C2=CC=C3C(=O)N(CC4(S(=O)(=O)C5(C(F)F)CC5)CC4)CCN3C2O)cc1Cl. The van der Waals surface area contributed by atoms with Crippen LogP contribution < -0.4 is 5.32 Å². The lowest BCUT2D eigenvalue weighted by Gasteiger charge is -2.42. The van der Waals surface area contributed by atoms with E-state index in [0.29, 0.717) is 11.1 Å². The highest BCUT2D eigenvalue weighted by molar-refractivity contribution is 7.94. The average molecular weight is 567 g/mol. The van der Waals surface area contributed by atoms with Crippen molar-refractivity contribution in [3.05, 3.63) is 57.8 Å². The van der Waals surface area contributed by atoms with Crippen LogP contribution in [0.15, 0.2) is 41.6 Å². The molecule has 1 unspecified atom stereocenters. The van der Waals surface area contributed by atoms with E-state index in [0.717, 1.165) is 0 Å². The molecule has 9 nitrogen and oxygen atoms in total. The molecule has 0 spiro atoms. The van der Waals surface area contributed by atoms with Gasteiger partial charge in [0.15, 0.2) is 16.1 Å². The van der Waals surface area contributed by atoms with Gasteiger partial charge in [-0.15, -0.1) is 0 Å². The summed E-state index contributed by atoms with van der Waals surface area (Å²) in [6, 6.07) is 6.69. The number of carbonyl (C=O) groups excluding carboxylic acids is 2. The minimum atomic E-state index is -4.15. The van der Waals surface area contributed by atoms with Crippen LogP contribution in [0.2, 0.25) is 5.02 Å². The molecule has 2 N–H and O–H groups in total. The summed E-state index contributed by atoms with van der Waals surface area (Å²) in [6.07, 6.45) is -1.32. The lowest BCUT2D eigenvalue weighted by atomic mass is 10.0. The number of fused-ring (bicyclic) bond motifs is 1. The number of sulfone groups is 1. The number of benzene rings is 1. The van der Waals surface area contributed by atoms with Crippen molar-refractivity contribution < 1.29 is 31.9 Å². The van der Waals surface area contributed by atoms with Gasteiger partial charge in [0.2, 0.25) is 0 Å². The Morgan fingerprint density at radius 1 is 1.24 bits per heavy atom. The molecule has 38 heavy (non-hydrogen) atoms. The number of alkyl halides is 2. The first-order valence-electron chi connectivity index (χ1n) is 12.1. The Morgan fingerprint density at radius 2 is 1.95 bits per heavy atom. The molecule has 0 radical (unpaired) electrons. The van der Waals surface area contributed by atoms with Crippen molar-refractivity contribution >= 4 is 33.3 Å². The molecular formula is C25H25ClF2N4O5S. The number of nitrogens with zero attached hydrogens (tertiary/aromatic N) is 3. The molecule has 1 saturated heterocycles. The van der Waals surface area contributed by atoms with Crippen LogP contribution in [0.3, 0.4) is 0 Å². The number of amides is 2. The Morgan fingerprint density at radius 3 is 2.53 bits per heavy atom. The topological polar surface area (TPSA) is 131 Å². The van der Waals surface area contributed by atoms with Gasteiger partial charge >= 0.3 is 0 Å². The van der Waals surface area contributed by atoms with Crippen LogP contribution >= 0.6 is 11.6 Å². The number of piperazine rings is 1. The number of allylic oxidation sites excluding steroid dienone is 2. The van der Waals surface area contributed by atoms with Gasteiger partial charge < -0.3 is 20.2 Å². The van der Waals surface area contributed by atoms with Gasteiger partial charge in [0.25, 0.3) is 18.2 Å². The van der Waals surface area contributed by atoms with E-state index in [-0.39, 0.29) is 68.2 Å². The predicted molar refractivity (Wildman–Crippen MR) is 132 cm³/mol. The molecule has 4 aliphatic rings. The first-order chi connectivity index (χ1) is 18.0. The Kier molecular flexibility index (Phi) is 6.52. The number of nitrogens with one attached hydrogen (secondary N) is 1. The zero-order valence-corrected chi connectivity index (χ0v) is 21.7. The van der Waals surface area contributed by atoms with E-state index in [1.54, 1.807) is 12.1 Å². The van der Waals surface area contributed by atoms with Crippen molar-refractivity contribution in [2.45, 2.75) is 54.4 Å². The van der Waals surface area contributed by atoms with Crippen molar-refractivity contribution in [2.75, 3.05) is 19.6 Å². The Hall–Kier alpha value is -3.01. The van der Waals surface area contributed by atoms with E-state index in [4.69, 9.17) is 16.9 Å². The van der Waals surface area contributed by atoms with Gasteiger partial charge in [0.1, 0.15) is 16.5 Å². The molecule has 1 aromatic carbocycles. The van der Waals surface area contributed by atoms with Gasteiger partial charge in [0.05, 0.1) is 20.9 Å². The molecule has 2 amide bonds. The normalized spacial score (nSPS) is 23.3. The van der Waals surface area contributed by atoms with Crippen LogP contribution in [-0.4, -0.2) is 76.9 Å². The van der Waals surface area contributed by atoms with Crippen molar-refractivity contribution in [1.82, 2.24) is 15.1 Å². The summed E-state index contributed by atoms with van der Waals surface area (Å²) in [7, 11) is -4.15. The number of aliphatic hydroxyl groups is 1. The van der Waals surface area contributed by atoms with Crippen LogP contribution in [0.4, 0.5) is 8.78 Å². The van der Waals surface area contributed by atoms with Gasteiger partial charge in [-0.1, -0.05) is 17.7 Å². The molecule has 2 heterocycles. The number of carbonyl (C=O) groups is 2. The summed E-state index contributed by atoms with van der Waals surface area (Å²) >= 11 is 6.02. The summed E-state index contributed by atoms with van der Waals surface area (Å²) in [4.78, 5) is 28.7. The summed E-state index contributed by atoms with van der Waals surface area (Å²) in [6.45, 7) is 0.123. The number of rotatable bonds is 8. The minimum absolute atomic E-state index is 0.0172. The largest absolute Gasteiger partial charge is 0.369 e. The second-order valence-electron chi connectivity index (χ2n) is 10.1. The highest BCUT2D eigenvalue weighted by Crippen LogP contribution is 2.59. The monoisotopic (exact) mass is 566 g/mol. The Balaban J connectivity index is 1.27. The first-order valence-corrected chi connectivity index (χ1v) is 14.0. The summed E-state index contributed by atoms with van der Waals surface area (Å²) in [5.74, 6) is -1.09. The molecular weight excluding hydrogens is 542 g/mol. The van der Waals surface area contributed by atoms with Gasteiger partial charge in [-0.2, -0.15) is 5.26 Å². The van der Waals surface area contributed by atoms with Crippen molar-refractivity contribution in [3.8, 4) is 6.07 Å². The third-order valence-corrected chi connectivity index (χ3v) is 11.5. The smallest absolute Gasteiger partial charge is 0.270 e. The third-order valence-electron chi connectivity index (χ3n) is 7.82. The van der Waals surface area contributed by atoms with Crippen molar-refractivity contribution in [1.29, 1.82) is 5.26 Å². The summed E-state index contributed by atoms with van der Waals surface area (Å²) < 4.78 is 50.1. The Labute approximate surface area is 223 Å². The molecule has 3 fully saturated rings. The summed E-state index contributed by atoms with van der Waals surface area (Å²) in [5, 5.41) is 22.8. The second kappa shape index (κ2) is 9.32. The van der Waals surface area contributed by atoms with E-state index in [1.807, 2.05) is 6.07 Å². The molecule has 2 aliphatic heterocycles. The fourth-order valence-electron chi connectivity index (χ4n) is 5.12. The van der Waals surface area contributed by atoms with Gasteiger partial charge in [-0.25, -0.2) is 17.2 Å². The Bertz CT molecular complexity index is 1410. The standard InChI is InChI=1S/C25H25ClF2N4O5S/c26-18-11-15(1-2-16(18)12-29)13-30-20(33)17-3-4-19-22(35)31(9-10-32(19)21(17)34)14-24(5-6-24)38(36,37)25(7-8-25)23(27)28/h1-4,11,21,23,34H,5-10,13-14H2,(H,30,33). The zero-order valence-electron chi connectivity index (χ0n) is 20.2. The zero-order chi connectivity index (χ0) is 27.5. The molecule has 2 aliphatic carbocycles. The number of nitriles is 1. The minimum Gasteiger partial charge on any atom is -0.369 e. The van der Waals surface area contributed by atoms with Crippen molar-refractivity contribution in [3.63, 3.8) is 0 Å². The predicted octanol–water partition coefficient (Wildman–Crippen LogP) is 1.86. The number of hydrogen-bond donors (Lipinski definition) is 2. The van der Waals surface area contributed by atoms with Crippen LogP contribution in [0.5, 0.6) is 0 Å². The van der Waals surface area contributed by atoms with Crippen LogP contribution in [0.1, 0.15) is 36.8 Å². The lowest BCUT2D eigenvalue weighted by molar-refractivity contribution is -0.135. The maximum atomic E-state index is 13.6. The van der Waals surface area contributed by atoms with E-state index < -0.39 is 43.8 Å². The molecule has 13 heteroatoms. The van der Waals surface area contributed by atoms with E-state index >= 15 is 0 Å². The van der Waals surface area contributed by atoms with Gasteiger partial charge in [0, 0.05) is 26.2 Å². The van der Waals surface area contributed by atoms with Crippen molar-refractivity contribution in [2.24, 2.45) is 0 Å². The fraction of sp³-hybridized carbons (Fsp3) is 0.480. The third kappa shape index (κ3) is 4.17. The van der Waals surface area contributed by atoms with Gasteiger partial charge in [-0.3, -0.25) is 9.59 Å². The van der Waals surface area contributed by atoms with Crippen LogP contribution in [0.25, 0.3) is 0 Å². The van der Waals surface area contributed by atoms with E-state index in [1.165, 1.54) is 28.0 Å². The molecule has 2 saturated carbocycles. The fourth-order valence-corrected chi connectivity index (χ4v) is 8.07. The molecule has 0 bridgehead atoms. The highest BCUT2D eigenvalue weighted by atomic mass is 35.5. The van der Waals surface area contributed by atoms with Gasteiger partial charge in [-0.05, 0) is 55.5 Å². The maximum Gasteiger partial charge on any atom is 0.270 e. The van der Waals surface area contributed by atoms with Crippen LogP contribution in [0, 0.1) is 11.3 Å². The molecule has 1 aromatic rings. The number of hydrogen-bond acceptors (Lipinski definition) is 7. The number of aliphatic hydroxyl groups excluding tert-OH is 1. The lowest BCUT2D eigenvalue weighted by Crippen LogP contribution is -2.57. The first kappa shape index (κ1) is 26.6. The maximum absolute atomic E-state index is 13.6. The molecule has 202 valence electrons. The van der Waals surface area contributed by atoms with E-state index in [2.05, 4.69) is 5.32 Å². The molecule has 0 aromatic heterocycles. The molecule has 5 rings (SSSR count). The summed E-state index contributed by atoms with van der Waals surface area (Å²) in [5.41, 5.74) is 1.07. The van der Waals surface area contributed by atoms with Crippen LogP contribution in [-0.2, 0) is 26.0 Å².